The van der Waals surface area contributed by atoms with Gasteiger partial charge < -0.3 is 20.1 Å². The highest BCUT2D eigenvalue weighted by Crippen LogP contribution is 2.15. The minimum atomic E-state index is -0.439. The van der Waals surface area contributed by atoms with Crippen LogP contribution in [0, 0.1) is 0 Å². The molecule has 2 rings (SSSR count). The molecule has 0 saturated carbocycles. The van der Waals surface area contributed by atoms with Crippen molar-refractivity contribution in [1.82, 2.24) is 0 Å². The van der Waals surface area contributed by atoms with Crippen molar-refractivity contribution in [3.05, 3.63) is 54.1 Å². The van der Waals surface area contributed by atoms with E-state index in [2.05, 4.69) is 15.4 Å². The van der Waals surface area contributed by atoms with Crippen LogP contribution in [0.3, 0.4) is 0 Å². The van der Waals surface area contributed by atoms with Crippen LogP contribution in [0.25, 0.3) is 0 Å². The number of carbonyl (C=O) groups is 3. The van der Waals surface area contributed by atoms with Gasteiger partial charge in [0.25, 0.3) is 0 Å². The summed E-state index contributed by atoms with van der Waals surface area (Å²) in [4.78, 5) is 35.2. The van der Waals surface area contributed by atoms with E-state index in [-0.39, 0.29) is 23.3 Å². The second kappa shape index (κ2) is 10.2. The van der Waals surface area contributed by atoms with E-state index in [0.29, 0.717) is 22.7 Å². The molecule has 0 aliphatic carbocycles. The summed E-state index contributed by atoms with van der Waals surface area (Å²) < 4.78 is 9.67. The SMILES string of the molecule is COC(=O)c1ccc(NC(=O)CSCC(=O)Nc2ccc(OC)cc2)cc1. The van der Waals surface area contributed by atoms with E-state index in [1.807, 2.05) is 0 Å². The van der Waals surface area contributed by atoms with Gasteiger partial charge in [-0.2, -0.15) is 0 Å². The van der Waals surface area contributed by atoms with Gasteiger partial charge >= 0.3 is 5.97 Å². The van der Waals surface area contributed by atoms with Gasteiger partial charge in [-0.05, 0) is 48.5 Å². The zero-order valence-electron chi connectivity index (χ0n) is 15.0. The van der Waals surface area contributed by atoms with E-state index in [4.69, 9.17) is 4.74 Å². The van der Waals surface area contributed by atoms with Crippen molar-refractivity contribution in [2.75, 3.05) is 36.4 Å². The lowest BCUT2D eigenvalue weighted by Crippen LogP contribution is -2.18. The summed E-state index contributed by atoms with van der Waals surface area (Å²) in [6.07, 6.45) is 0. The third-order valence-electron chi connectivity index (χ3n) is 3.43. The Labute approximate surface area is 161 Å². The summed E-state index contributed by atoms with van der Waals surface area (Å²) in [5.41, 5.74) is 1.63. The standard InChI is InChI=1S/C19H20N2O5S/c1-25-16-9-7-15(8-10-16)21-18(23)12-27-11-17(22)20-14-5-3-13(4-6-14)19(24)26-2/h3-10H,11-12H2,1-2H3,(H,20,22)(H,21,23). The highest BCUT2D eigenvalue weighted by Gasteiger charge is 2.08. The van der Waals surface area contributed by atoms with Crippen LogP contribution in [0.5, 0.6) is 5.75 Å². The third-order valence-corrected chi connectivity index (χ3v) is 4.36. The number of methoxy groups -OCH3 is 2. The minimum Gasteiger partial charge on any atom is -0.497 e. The summed E-state index contributed by atoms with van der Waals surface area (Å²) in [5.74, 6) is 0.128. The number of esters is 1. The van der Waals surface area contributed by atoms with Crippen molar-refractivity contribution in [1.29, 1.82) is 0 Å². The van der Waals surface area contributed by atoms with Crippen LogP contribution in [0.15, 0.2) is 48.5 Å². The predicted molar refractivity (Wildman–Crippen MR) is 105 cm³/mol. The fourth-order valence-corrected chi connectivity index (χ4v) is 2.73. The molecule has 2 N–H and O–H groups in total. The average Bonchev–Trinajstić information content (AvgIpc) is 2.68. The minimum absolute atomic E-state index is 0.134. The number of amides is 2. The molecule has 0 aliphatic rings. The Bertz CT molecular complexity index is 791. The molecule has 2 amide bonds. The number of hydrogen-bond donors (Lipinski definition) is 2. The lowest BCUT2D eigenvalue weighted by atomic mass is 10.2. The van der Waals surface area contributed by atoms with Crippen molar-refractivity contribution in [3.8, 4) is 5.75 Å². The maximum atomic E-state index is 11.9. The number of benzene rings is 2. The van der Waals surface area contributed by atoms with Crippen LogP contribution in [-0.4, -0.2) is 43.5 Å². The topological polar surface area (TPSA) is 93.7 Å². The molecule has 0 heterocycles. The van der Waals surface area contributed by atoms with Crippen LogP contribution in [-0.2, 0) is 14.3 Å². The first-order valence-corrected chi connectivity index (χ1v) is 9.17. The van der Waals surface area contributed by atoms with Crippen LogP contribution in [0.4, 0.5) is 11.4 Å². The molecule has 0 radical (unpaired) electrons. The van der Waals surface area contributed by atoms with E-state index in [1.165, 1.54) is 18.9 Å². The molecule has 0 fully saturated rings. The largest absolute Gasteiger partial charge is 0.497 e. The Kier molecular flexibility index (Phi) is 7.69. The van der Waals surface area contributed by atoms with E-state index in [1.54, 1.807) is 55.6 Å². The Morgan fingerprint density at radius 1 is 0.815 bits per heavy atom. The maximum Gasteiger partial charge on any atom is 0.337 e. The van der Waals surface area contributed by atoms with E-state index >= 15 is 0 Å². The number of ether oxygens (including phenoxy) is 2. The van der Waals surface area contributed by atoms with Crippen molar-refractivity contribution in [2.45, 2.75) is 0 Å². The molecule has 0 unspecified atom stereocenters. The average molecular weight is 388 g/mol. The normalized spacial score (nSPS) is 10.0. The number of rotatable bonds is 8. The Balaban J connectivity index is 1.71. The van der Waals surface area contributed by atoms with Crippen molar-refractivity contribution < 1.29 is 23.9 Å². The summed E-state index contributed by atoms with van der Waals surface area (Å²) in [5, 5.41) is 5.45. The van der Waals surface area contributed by atoms with Crippen LogP contribution in [0.1, 0.15) is 10.4 Å². The lowest BCUT2D eigenvalue weighted by Gasteiger charge is -2.07. The van der Waals surface area contributed by atoms with E-state index in [0.717, 1.165) is 0 Å². The first-order valence-electron chi connectivity index (χ1n) is 8.01. The predicted octanol–water partition coefficient (Wildman–Crippen LogP) is 2.79. The Morgan fingerprint density at radius 3 is 1.74 bits per heavy atom. The molecule has 0 atom stereocenters. The zero-order valence-corrected chi connectivity index (χ0v) is 15.8. The highest BCUT2D eigenvalue weighted by molar-refractivity contribution is 8.00. The molecule has 0 saturated heterocycles. The van der Waals surface area contributed by atoms with Crippen molar-refractivity contribution >= 4 is 40.9 Å². The molecule has 7 nitrogen and oxygen atoms in total. The third kappa shape index (κ3) is 6.67. The molecule has 2 aromatic carbocycles. The van der Waals surface area contributed by atoms with Gasteiger partial charge in [-0.3, -0.25) is 9.59 Å². The van der Waals surface area contributed by atoms with Gasteiger partial charge in [-0.15, -0.1) is 11.8 Å². The van der Waals surface area contributed by atoms with E-state index in [9.17, 15) is 14.4 Å². The van der Waals surface area contributed by atoms with Gasteiger partial charge in [-0.25, -0.2) is 4.79 Å². The maximum absolute atomic E-state index is 11.9. The fraction of sp³-hybridized carbons (Fsp3) is 0.211. The first kappa shape index (κ1) is 20.3. The summed E-state index contributed by atoms with van der Waals surface area (Å²) in [6, 6.07) is 13.4. The van der Waals surface area contributed by atoms with Crippen LogP contribution in [0.2, 0.25) is 0 Å². The van der Waals surface area contributed by atoms with Crippen molar-refractivity contribution in [2.24, 2.45) is 0 Å². The molecule has 2 aromatic rings. The van der Waals surface area contributed by atoms with E-state index < -0.39 is 5.97 Å². The van der Waals surface area contributed by atoms with Gasteiger partial charge in [0.05, 0.1) is 31.3 Å². The summed E-state index contributed by atoms with van der Waals surface area (Å²) in [7, 11) is 2.88. The molecule has 0 spiro atoms. The number of nitrogens with one attached hydrogen (secondary N) is 2. The molecular weight excluding hydrogens is 368 g/mol. The number of carbonyl (C=O) groups excluding carboxylic acids is 3. The van der Waals surface area contributed by atoms with Gasteiger partial charge in [0.1, 0.15) is 5.75 Å². The van der Waals surface area contributed by atoms with Gasteiger partial charge in [0.15, 0.2) is 0 Å². The van der Waals surface area contributed by atoms with Gasteiger partial charge in [0.2, 0.25) is 11.8 Å². The number of hydrogen-bond acceptors (Lipinski definition) is 6. The second-order valence-electron chi connectivity index (χ2n) is 5.39. The number of thioether (sulfide) groups is 1. The van der Waals surface area contributed by atoms with Gasteiger partial charge in [0, 0.05) is 11.4 Å². The molecule has 27 heavy (non-hydrogen) atoms. The molecule has 0 bridgehead atoms. The van der Waals surface area contributed by atoms with Crippen molar-refractivity contribution in [3.63, 3.8) is 0 Å². The first-order chi connectivity index (χ1) is 13.0. The highest BCUT2D eigenvalue weighted by atomic mass is 32.2. The van der Waals surface area contributed by atoms with Crippen LogP contribution >= 0.6 is 11.8 Å². The second-order valence-corrected chi connectivity index (χ2v) is 6.37. The Morgan fingerprint density at radius 2 is 1.30 bits per heavy atom. The number of anilines is 2. The monoisotopic (exact) mass is 388 g/mol. The molecule has 142 valence electrons. The smallest absolute Gasteiger partial charge is 0.337 e. The quantitative estimate of drug-likeness (QED) is 0.676. The Hall–Kier alpha value is -3.00. The molecule has 0 aliphatic heterocycles. The molecule has 0 aromatic heterocycles. The van der Waals surface area contributed by atoms with Crippen LogP contribution < -0.4 is 15.4 Å². The summed E-state index contributed by atoms with van der Waals surface area (Å²) in [6.45, 7) is 0. The molecule has 8 heteroatoms. The zero-order chi connectivity index (χ0) is 19.6. The fourth-order valence-electron chi connectivity index (χ4n) is 2.11. The molecular formula is C19H20N2O5S. The lowest BCUT2D eigenvalue weighted by molar-refractivity contribution is -0.114. The summed E-state index contributed by atoms with van der Waals surface area (Å²) >= 11 is 1.20. The van der Waals surface area contributed by atoms with Gasteiger partial charge in [-0.1, -0.05) is 0 Å².